The third-order valence-electron chi connectivity index (χ3n) is 3.19. The summed E-state index contributed by atoms with van der Waals surface area (Å²) in [5.74, 6) is 0.605. The highest BCUT2D eigenvalue weighted by molar-refractivity contribution is 7.98. The molecular formula is C15H14N2O3S3. The molecule has 1 heterocycles. The maximum atomic E-state index is 12.4. The zero-order chi connectivity index (χ0) is 16.4. The molecule has 8 heteroatoms. The second-order valence-corrected chi connectivity index (χ2v) is 8.23. The molecule has 1 N–H and O–H groups in total. The average Bonchev–Trinajstić information content (AvgIpc) is 2.95. The molecule has 0 bridgehead atoms. The first-order chi connectivity index (χ1) is 11.0. The van der Waals surface area contributed by atoms with Crippen molar-refractivity contribution in [3.8, 4) is 5.75 Å². The highest BCUT2D eigenvalue weighted by Crippen LogP contribution is 2.30. The Morgan fingerprint density at radius 3 is 2.57 bits per heavy atom. The van der Waals surface area contributed by atoms with Crippen LogP contribution in [0.2, 0.25) is 0 Å². The van der Waals surface area contributed by atoms with Crippen LogP contribution in [0.15, 0.2) is 52.3 Å². The number of hydrogen-bond acceptors (Lipinski definition) is 6. The number of sulfonamides is 1. The van der Waals surface area contributed by atoms with E-state index in [2.05, 4.69) is 9.71 Å². The second-order valence-electron chi connectivity index (χ2n) is 4.63. The van der Waals surface area contributed by atoms with Gasteiger partial charge < -0.3 is 4.74 Å². The number of nitrogens with one attached hydrogen (secondary N) is 1. The lowest BCUT2D eigenvalue weighted by molar-refractivity contribution is 0.414. The van der Waals surface area contributed by atoms with E-state index in [1.165, 1.54) is 30.6 Å². The predicted octanol–water partition coefficient (Wildman–Crippen LogP) is 3.83. The topological polar surface area (TPSA) is 68.3 Å². The third-order valence-corrected chi connectivity index (χ3v) is 6.33. The summed E-state index contributed by atoms with van der Waals surface area (Å²) < 4.78 is 33.3. The highest BCUT2D eigenvalue weighted by Gasteiger charge is 2.16. The van der Waals surface area contributed by atoms with Gasteiger partial charge in [0, 0.05) is 4.90 Å². The van der Waals surface area contributed by atoms with Crippen molar-refractivity contribution in [2.24, 2.45) is 0 Å². The van der Waals surface area contributed by atoms with Gasteiger partial charge in [-0.1, -0.05) is 11.3 Å². The molecular weight excluding hydrogens is 352 g/mol. The van der Waals surface area contributed by atoms with E-state index in [1.54, 1.807) is 23.9 Å². The molecule has 0 spiro atoms. The van der Waals surface area contributed by atoms with Crippen LogP contribution in [0.1, 0.15) is 0 Å². The van der Waals surface area contributed by atoms with Gasteiger partial charge in [0.1, 0.15) is 5.75 Å². The van der Waals surface area contributed by atoms with Crippen molar-refractivity contribution >= 4 is 48.5 Å². The Morgan fingerprint density at radius 1 is 1.17 bits per heavy atom. The van der Waals surface area contributed by atoms with E-state index in [0.717, 1.165) is 15.1 Å². The molecule has 0 fully saturated rings. The number of hydrogen-bond donors (Lipinski definition) is 1. The molecule has 0 atom stereocenters. The maximum Gasteiger partial charge on any atom is 0.263 e. The molecule has 0 saturated heterocycles. The number of thioether (sulfide) groups is 1. The molecule has 0 aliphatic carbocycles. The molecule has 120 valence electrons. The van der Waals surface area contributed by atoms with Crippen molar-refractivity contribution in [2.75, 3.05) is 18.1 Å². The quantitative estimate of drug-likeness (QED) is 0.695. The largest absolute Gasteiger partial charge is 0.497 e. The Hall–Kier alpha value is -1.77. The molecule has 0 saturated carbocycles. The molecule has 0 radical (unpaired) electrons. The number of ether oxygens (including phenoxy) is 1. The van der Waals surface area contributed by atoms with Gasteiger partial charge in [-0.05, 0) is 48.7 Å². The van der Waals surface area contributed by atoms with Gasteiger partial charge in [-0.15, -0.1) is 11.8 Å². The molecule has 5 nitrogen and oxygen atoms in total. The fourth-order valence-electron chi connectivity index (χ4n) is 2.00. The number of fused-ring (bicyclic) bond motifs is 1. The van der Waals surface area contributed by atoms with Gasteiger partial charge in [-0.25, -0.2) is 13.4 Å². The Kier molecular flexibility index (Phi) is 4.47. The van der Waals surface area contributed by atoms with Crippen LogP contribution in [0.3, 0.4) is 0 Å². The van der Waals surface area contributed by atoms with E-state index in [-0.39, 0.29) is 4.90 Å². The van der Waals surface area contributed by atoms with Gasteiger partial charge in [0.25, 0.3) is 10.0 Å². The van der Waals surface area contributed by atoms with Gasteiger partial charge in [-0.3, -0.25) is 4.72 Å². The summed E-state index contributed by atoms with van der Waals surface area (Å²) in [6, 6.07) is 12.1. The summed E-state index contributed by atoms with van der Waals surface area (Å²) in [5.41, 5.74) is 0.778. The first kappa shape index (κ1) is 16.1. The SMILES string of the molecule is COc1ccc(S(=O)(=O)Nc2nc3ccc(SC)cc3s2)cc1. The normalized spacial score (nSPS) is 11.6. The van der Waals surface area contributed by atoms with Crippen molar-refractivity contribution in [2.45, 2.75) is 9.79 Å². The maximum absolute atomic E-state index is 12.4. The molecule has 0 amide bonds. The van der Waals surface area contributed by atoms with E-state index in [4.69, 9.17) is 4.74 Å². The van der Waals surface area contributed by atoms with Crippen molar-refractivity contribution < 1.29 is 13.2 Å². The molecule has 0 unspecified atom stereocenters. The van der Waals surface area contributed by atoms with Gasteiger partial charge >= 0.3 is 0 Å². The molecule has 0 aliphatic heterocycles. The van der Waals surface area contributed by atoms with Gasteiger partial charge in [0.15, 0.2) is 5.13 Å². The van der Waals surface area contributed by atoms with Crippen LogP contribution >= 0.6 is 23.1 Å². The van der Waals surface area contributed by atoms with Gasteiger partial charge in [0.05, 0.1) is 22.2 Å². The number of rotatable bonds is 5. The van der Waals surface area contributed by atoms with Crippen molar-refractivity contribution in [3.63, 3.8) is 0 Å². The Morgan fingerprint density at radius 2 is 1.91 bits per heavy atom. The third kappa shape index (κ3) is 3.44. The molecule has 3 rings (SSSR count). The number of methoxy groups -OCH3 is 1. The van der Waals surface area contributed by atoms with Crippen molar-refractivity contribution in [1.82, 2.24) is 4.98 Å². The van der Waals surface area contributed by atoms with Crippen LogP contribution in [-0.4, -0.2) is 26.8 Å². The Balaban J connectivity index is 1.90. The van der Waals surface area contributed by atoms with Crippen LogP contribution < -0.4 is 9.46 Å². The summed E-state index contributed by atoms with van der Waals surface area (Å²) in [6.07, 6.45) is 2.00. The van der Waals surface area contributed by atoms with E-state index in [0.29, 0.717) is 10.9 Å². The molecule has 2 aromatic carbocycles. The number of benzene rings is 2. The lowest BCUT2D eigenvalue weighted by atomic mass is 10.3. The summed E-state index contributed by atoms with van der Waals surface area (Å²) in [6.45, 7) is 0. The average molecular weight is 366 g/mol. The minimum absolute atomic E-state index is 0.169. The van der Waals surface area contributed by atoms with Crippen LogP contribution in [0, 0.1) is 0 Å². The zero-order valence-corrected chi connectivity index (χ0v) is 14.9. The van der Waals surface area contributed by atoms with Crippen LogP contribution in [-0.2, 0) is 10.0 Å². The lowest BCUT2D eigenvalue weighted by Gasteiger charge is -2.05. The number of nitrogens with zero attached hydrogens (tertiary/aromatic N) is 1. The fourth-order valence-corrected chi connectivity index (χ4v) is 4.66. The van der Waals surface area contributed by atoms with E-state index in [1.807, 2.05) is 24.5 Å². The summed E-state index contributed by atoms with van der Waals surface area (Å²) in [5, 5.41) is 0.356. The summed E-state index contributed by atoms with van der Waals surface area (Å²) in [4.78, 5) is 5.61. The zero-order valence-electron chi connectivity index (χ0n) is 12.4. The first-order valence-electron chi connectivity index (χ1n) is 6.63. The Labute approximate surface area is 142 Å². The molecule has 0 aliphatic rings. The molecule has 1 aromatic heterocycles. The summed E-state index contributed by atoms with van der Waals surface area (Å²) in [7, 11) is -2.13. The van der Waals surface area contributed by atoms with E-state index >= 15 is 0 Å². The second kappa shape index (κ2) is 6.38. The standard InChI is InChI=1S/C15H14N2O3S3/c1-20-10-3-6-12(7-4-10)23(18,19)17-15-16-13-8-5-11(21-2)9-14(13)22-15/h3-9H,1-2H3,(H,16,17). The minimum Gasteiger partial charge on any atom is -0.497 e. The number of thiazole rings is 1. The molecule has 23 heavy (non-hydrogen) atoms. The minimum atomic E-state index is -3.66. The fraction of sp³-hybridized carbons (Fsp3) is 0.133. The summed E-state index contributed by atoms with van der Waals surface area (Å²) >= 11 is 2.95. The Bertz CT molecular complexity index is 934. The highest BCUT2D eigenvalue weighted by atomic mass is 32.2. The van der Waals surface area contributed by atoms with E-state index < -0.39 is 10.0 Å². The smallest absolute Gasteiger partial charge is 0.263 e. The number of anilines is 1. The lowest BCUT2D eigenvalue weighted by Crippen LogP contribution is -2.12. The van der Waals surface area contributed by atoms with Crippen LogP contribution in [0.5, 0.6) is 5.75 Å². The van der Waals surface area contributed by atoms with Crippen LogP contribution in [0.25, 0.3) is 10.2 Å². The van der Waals surface area contributed by atoms with Crippen LogP contribution in [0.4, 0.5) is 5.13 Å². The monoisotopic (exact) mass is 366 g/mol. The predicted molar refractivity (Wildman–Crippen MR) is 95.2 cm³/mol. The first-order valence-corrected chi connectivity index (χ1v) is 10.2. The number of aromatic nitrogens is 1. The van der Waals surface area contributed by atoms with Crippen molar-refractivity contribution in [3.05, 3.63) is 42.5 Å². The van der Waals surface area contributed by atoms with Gasteiger partial charge in [-0.2, -0.15) is 0 Å². The van der Waals surface area contributed by atoms with E-state index in [9.17, 15) is 8.42 Å². The molecule has 3 aromatic rings. The van der Waals surface area contributed by atoms with Gasteiger partial charge in [0.2, 0.25) is 0 Å². The van der Waals surface area contributed by atoms with Crippen molar-refractivity contribution in [1.29, 1.82) is 0 Å².